The van der Waals surface area contributed by atoms with Gasteiger partial charge < -0.3 is 15.3 Å². The van der Waals surface area contributed by atoms with Crippen molar-refractivity contribution >= 4 is 35.1 Å². The number of carboxylic acid groups (broad SMARTS) is 1. The van der Waals surface area contributed by atoms with E-state index in [4.69, 9.17) is 11.6 Å². The molecular formula is C13H12ClN3O6. The van der Waals surface area contributed by atoms with Crippen LogP contribution in [0.3, 0.4) is 0 Å². The highest BCUT2D eigenvalue weighted by Crippen LogP contribution is 2.27. The van der Waals surface area contributed by atoms with Crippen LogP contribution in [-0.4, -0.2) is 51.8 Å². The van der Waals surface area contributed by atoms with Gasteiger partial charge in [0.15, 0.2) is 0 Å². The van der Waals surface area contributed by atoms with Gasteiger partial charge in [-0.15, -0.1) is 0 Å². The minimum Gasteiger partial charge on any atom is -0.477 e. The molecule has 23 heavy (non-hydrogen) atoms. The number of hydrogen-bond acceptors (Lipinski definition) is 5. The molecule has 0 atom stereocenters. The number of hydrogen-bond donors (Lipinski definition) is 2. The number of nitrogens with one attached hydrogen (secondary N) is 1. The molecule has 0 radical (unpaired) electrons. The van der Waals surface area contributed by atoms with Crippen molar-refractivity contribution in [1.29, 1.82) is 0 Å². The van der Waals surface area contributed by atoms with Gasteiger partial charge in [-0.25, -0.2) is 4.79 Å². The molecule has 1 aromatic rings. The number of halogens is 1. The summed E-state index contributed by atoms with van der Waals surface area (Å²) in [7, 11) is 0. The van der Waals surface area contributed by atoms with Crippen LogP contribution in [0, 0.1) is 10.1 Å². The summed E-state index contributed by atoms with van der Waals surface area (Å²) in [6.45, 7) is 1.99. The van der Waals surface area contributed by atoms with Gasteiger partial charge in [0.25, 0.3) is 11.6 Å². The van der Waals surface area contributed by atoms with Gasteiger partial charge in [0.05, 0.1) is 16.5 Å². The molecule has 1 heterocycles. The molecule has 0 aliphatic carbocycles. The summed E-state index contributed by atoms with van der Waals surface area (Å²) in [6, 6.07) is 1.60. The van der Waals surface area contributed by atoms with Crippen molar-refractivity contribution in [2.45, 2.75) is 13.0 Å². The Morgan fingerprint density at radius 1 is 1.39 bits per heavy atom. The number of nitro groups is 1. The second kappa shape index (κ2) is 6.21. The van der Waals surface area contributed by atoms with Crippen LogP contribution in [0.1, 0.15) is 27.6 Å². The van der Waals surface area contributed by atoms with Gasteiger partial charge in [-0.05, 0) is 6.07 Å². The predicted octanol–water partition coefficient (Wildman–Crippen LogP) is 0.907. The molecule has 1 aliphatic rings. The summed E-state index contributed by atoms with van der Waals surface area (Å²) in [5.74, 6) is -2.53. The Morgan fingerprint density at radius 3 is 2.48 bits per heavy atom. The molecule has 1 aliphatic heterocycles. The third kappa shape index (κ3) is 3.39. The molecule has 1 aromatic carbocycles. The molecule has 10 heteroatoms. The maximum atomic E-state index is 12.2. The number of carbonyl (C=O) groups is 3. The van der Waals surface area contributed by atoms with Crippen LogP contribution < -0.4 is 5.32 Å². The second-order valence-electron chi connectivity index (χ2n) is 5.00. The van der Waals surface area contributed by atoms with E-state index in [1.165, 1.54) is 11.8 Å². The van der Waals surface area contributed by atoms with Crippen molar-refractivity contribution in [3.63, 3.8) is 0 Å². The van der Waals surface area contributed by atoms with Crippen molar-refractivity contribution in [1.82, 2.24) is 10.2 Å². The Hall–Kier alpha value is -2.68. The molecular weight excluding hydrogens is 330 g/mol. The van der Waals surface area contributed by atoms with Crippen molar-refractivity contribution in [3.8, 4) is 0 Å². The van der Waals surface area contributed by atoms with E-state index in [1.807, 2.05) is 0 Å². The monoisotopic (exact) mass is 341 g/mol. The fourth-order valence-corrected chi connectivity index (χ4v) is 2.44. The minimum absolute atomic E-state index is 0.120. The van der Waals surface area contributed by atoms with E-state index in [0.29, 0.717) is 13.1 Å². The molecule has 0 unspecified atom stereocenters. The van der Waals surface area contributed by atoms with Gasteiger partial charge in [-0.2, -0.15) is 0 Å². The number of carboxylic acids is 1. The molecule has 2 amide bonds. The summed E-state index contributed by atoms with van der Waals surface area (Å²) in [4.78, 5) is 46.1. The molecule has 0 saturated carbocycles. The first-order valence-corrected chi connectivity index (χ1v) is 6.86. The van der Waals surface area contributed by atoms with Crippen molar-refractivity contribution in [2.75, 3.05) is 13.1 Å². The number of amides is 2. The highest BCUT2D eigenvalue weighted by Gasteiger charge is 2.33. The Kier molecular flexibility index (Phi) is 4.50. The smallest absolute Gasteiger partial charge is 0.343 e. The predicted molar refractivity (Wildman–Crippen MR) is 78.6 cm³/mol. The summed E-state index contributed by atoms with van der Waals surface area (Å²) in [5.41, 5.74) is -1.87. The van der Waals surface area contributed by atoms with Crippen LogP contribution in [0.5, 0.6) is 0 Å². The lowest BCUT2D eigenvalue weighted by Crippen LogP contribution is -2.60. The van der Waals surface area contributed by atoms with Crippen LogP contribution in [0.25, 0.3) is 0 Å². The highest BCUT2D eigenvalue weighted by atomic mass is 35.5. The lowest BCUT2D eigenvalue weighted by atomic mass is 10.0. The van der Waals surface area contributed by atoms with Crippen molar-refractivity contribution < 1.29 is 24.4 Å². The van der Waals surface area contributed by atoms with Crippen LogP contribution in [0.4, 0.5) is 5.69 Å². The number of nitro benzene ring substituents is 1. The molecule has 122 valence electrons. The van der Waals surface area contributed by atoms with Gasteiger partial charge >= 0.3 is 5.97 Å². The minimum atomic E-state index is -1.60. The van der Waals surface area contributed by atoms with Crippen LogP contribution in [0.2, 0.25) is 5.02 Å². The summed E-state index contributed by atoms with van der Waals surface area (Å²) >= 11 is 5.73. The maximum absolute atomic E-state index is 12.2. The van der Waals surface area contributed by atoms with Gasteiger partial charge in [0.2, 0.25) is 5.91 Å². The average Bonchev–Trinajstić information content (AvgIpc) is 2.39. The van der Waals surface area contributed by atoms with E-state index in [-0.39, 0.29) is 17.0 Å². The Labute approximate surface area is 135 Å². The lowest BCUT2D eigenvalue weighted by molar-refractivity contribution is -0.385. The molecule has 2 rings (SSSR count). The first-order chi connectivity index (χ1) is 10.7. The summed E-state index contributed by atoms with van der Waals surface area (Å²) in [6.07, 6.45) is 0. The second-order valence-corrected chi connectivity index (χ2v) is 5.44. The van der Waals surface area contributed by atoms with Gasteiger partial charge in [-0.1, -0.05) is 11.6 Å². The largest absolute Gasteiger partial charge is 0.477 e. The Balaban J connectivity index is 2.28. The number of rotatable bonds is 4. The topological polar surface area (TPSA) is 130 Å². The van der Waals surface area contributed by atoms with Crippen LogP contribution in [0.15, 0.2) is 12.1 Å². The summed E-state index contributed by atoms with van der Waals surface area (Å²) < 4.78 is 0. The maximum Gasteiger partial charge on any atom is 0.343 e. The van der Waals surface area contributed by atoms with Gasteiger partial charge in [0, 0.05) is 31.1 Å². The fourth-order valence-electron chi connectivity index (χ4n) is 2.23. The normalized spacial score (nSPS) is 14.1. The average molecular weight is 342 g/mol. The van der Waals surface area contributed by atoms with Gasteiger partial charge in [-0.3, -0.25) is 19.7 Å². The highest BCUT2D eigenvalue weighted by molar-refractivity contribution is 6.31. The zero-order valence-corrected chi connectivity index (χ0v) is 12.7. The number of likely N-dealkylation sites (tertiary alicyclic amines) is 1. The van der Waals surface area contributed by atoms with Crippen LogP contribution >= 0.6 is 11.6 Å². The van der Waals surface area contributed by atoms with E-state index in [2.05, 4.69) is 5.32 Å². The zero-order valence-electron chi connectivity index (χ0n) is 11.9. The van der Waals surface area contributed by atoms with Crippen molar-refractivity contribution in [3.05, 3.63) is 38.4 Å². The third-order valence-electron chi connectivity index (χ3n) is 3.40. The summed E-state index contributed by atoms with van der Waals surface area (Å²) in [5, 5.41) is 22.6. The number of benzene rings is 1. The van der Waals surface area contributed by atoms with Crippen molar-refractivity contribution in [2.24, 2.45) is 0 Å². The lowest BCUT2D eigenvalue weighted by Gasteiger charge is -2.38. The van der Waals surface area contributed by atoms with Crippen LogP contribution in [-0.2, 0) is 4.79 Å². The van der Waals surface area contributed by atoms with E-state index in [9.17, 15) is 29.6 Å². The molecule has 1 saturated heterocycles. The quantitative estimate of drug-likeness (QED) is 0.618. The number of nitrogens with zero attached hydrogens (tertiary/aromatic N) is 2. The van der Waals surface area contributed by atoms with Gasteiger partial charge in [0.1, 0.15) is 5.56 Å². The SMILES string of the molecule is CC(=O)N1CC(NC(=O)c2cc(Cl)cc([N+](=O)[O-])c2C(=O)O)C1. The fraction of sp³-hybridized carbons (Fsp3) is 0.308. The number of aromatic carboxylic acids is 1. The first-order valence-electron chi connectivity index (χ1n) is 6.48. The van der Waals surface area contributed by atoms with E-state index >= 15 is 0 Å². The Bertz CT molecular complexity index is 714. The van der Waals surface area contributed by atoms with E-state index < -0.39 is 33.6 Å². The van der Waals surface area contributed by atoms with E-state index in [0.717, 1.165) is 12.1 Å². The first kappa shape index (κ1) is 16.7. The molecule has 0 bridgehead atoms. The molecule has 1 fully saturated rings. The molecule has 0 spiro atoms. The number of carbonyl (C=O) groups excluding carboxylic acids is 2. The Morgan fingerprint density at radius 2 is 2.00 bits per heavy atom. The molecule has 0 aromatic heterocycles. The molecule has 2 N–H and O–H groups in total. The third-order valence-corrected chi connectivity index (χ3v) is 3.62. The standard InChI is InChI=1S/C13H12ClN3O6/c1-6(18)16-4-8(5-16)15-12(19)9-2-7(14)3-10(17(22)23)11(9)13(20)21/h2-3,8H,4-5H2,1H3,(H,15,19)(H,20,21). The van der Waals surface area contributed by atoms with E-state index in [1.54, 1.807) is 0 Å². The zero-order chi connectivity index (χ0) is 17.3. The molecule has 9 nitrogen and oxygen atoms in total.